The van der Waals surface area contributed by atoms with Gasteiger partial charge in [-0.25, -0.2) is 0 Å². The van der Waals surface area contributed by atoms with Crippen molar-refractivity contribution in [2.24, 2.45) is 0 Å². The first kappa shape index (κ1) is 8.54. The van der Waals surface area contributed by atoms with E-state index in [-0.39, 0.29) is 11.2 Å². The minimum Gasteiger partial charge on any atom is -0.361 e. The molecule has 0 aliphatic carbocycles. The zero-order valence-corrected chi connectivity index (χ0v) is 7.55. The number of ether oxygens (including phenoxy) is 1. The van der Waals surface area contributed by atoms with Crippen LogP contribution in [0.15, 0.2) is 24.8 Å². The standard InChI is InChI=1S/C10H16O/c1-5-10(4)8-6-7-9(2,3)11-10/h5-7H,1,8H2,2-4H3. The largest absolute Gasteiger partial charge is 0.361 e. The zero-order valence-electron chi connectivity index (χ0n) is 7.55. The van der Waals surface area contributed by atoms with Crippen LogP contribution in [0.1, 0.15) is 27.2 Å². The van der Waals surface area contributed by atoms with Gasteiger partial charge in [-0.2, -0.15) is 0 Å². The summed E-state index contributed by atoms with van der Waals surface area (Å²) in [4.78, 5) is 0. The first-order valence-corrected chi connectivity index (χ1v) is 3.99. The highest BCUT2D eigenvalue weighted by Gasteiger charge is 2.31. The molecule has 1 atom stereocenters. The molecular weight excluding hydrogens is 136 g/mol. The van der Waals surface area contributed by atoms with Crippen molar-refractivity contribution in [3.05, 3.63) is 24.8 Å². The molecule has 62 valence electrons. The second-order valence-electron chi connectivity index (χ2n) is 3.83. The molecule has 0 aromatic heterocycles. The van der Waals surface area contributed by atoms with E-state index in [0.29, 0.717) is 0 Å². The van der Waals surface area contributed by atoms with E-state index in [4.69, 9.17) is 4.74 Å². The second-order valence-corrected chi connectivity index (χ2v) is 3.83. The molecule has 0 amide bonds. The van der Waals surface area contributed by atoms with E-state index in [2.05, 4.69) is 39.5 Å². The molecule has 0 aromatic rings. The normalized spacial score (nSPS) is 35.2. The first-order chi connectivity index (χ1) is 4.97. The predicted octanol–water partition coefficient (Wildman–Crippen LogP) is 2.69. The Labute approximate surface area is 68.8 Å². The summed E-state index contributed by atoms with van der Waals surface area (Å²) in [6, 6.07) is 0. The summed E-state index contributed by atoms with van der Waals surface area (Å²) in [5.41, 5.74) is -0.306. The molecular formula is C10H16O. The van der Waals surface area contributed by atoms with Gasteiger partial charge in [0.1, 0.15) is 0 Å². The lowest BCUT2D eigenvalue weighted by Crippen LogP contribution is -2.38. The third-order valence-corrected chi connectivity index (χ3v) is 1.97. The topological polar surface area (TPSA) is 9.23 Å². The molecule has 0 aromatic carbocycles. The van der Waals surface area contributed by atoms with Gasteiger partial charge >= 0.3 is 0 Å². The number of hydrogen-bond donors (Lipinski definition) is 0. The van der Waals surface area contributed by atoms with Gasteiger partial charge in [-0.05, 0) is 27.2 Å². The van der Waals surface area contributed by atoms with Crippen molar-refractivity contribution in [2.45, 2.75) is 38.4 Å². The molecule has 0 N–H and O–H groups in total. The molecule has 0 radical (unpaired) electrons. The molecule has 0 saturated heterocycles. The van der Waals surface area contributed by atoms with Crippen molar-refractivity contribution in [1.82, 2.24) is 0 Å². The second kappa shape index (κ2) is 2.49. The van der Waals surface area contributed by atoms with Gasteiger partial charge < -0.3 is 4.74 Å². The van der Waals surface area contributed by atoms with E-state index < -0.39 is 0 Å². The number of hydrogen-bond acceptors (Lipinski definition) is 1. The third-order valence-electron chi connectivity index (χ3n) is 1.97. The van der Waals surface area contributed by atoms with Crippen molar-refractivity contribution >= 4 is 0 Å². The van der Waals surface area contributed by atoms with E-state index in [1.54, 1.807) is 0 Å². The summed E-state index contributed by atoms with van der Waals surface area (Å²) in [5, 5.41) is 0. The summed E-state index contributed by atoms with van der Waals surface area (Å²) in [5.74, 6) is 0. The van der Waals surface area contributed by atoms with E-state index in [0.717, 1.165) is 6.42 Å². The molecule has 0 saturated carbocycles. The fourth-order valence-electron chi connectivity index (χ4n) is 1.38. The van der Waals surface area contributed by atoms with Crippen LogP contribution in [-0.2, 0) is 4.74 Å². The molecule has 0 fully saturated rings. The average molecular weight is 152 g/mol. The third kappa shape index (κ3) is 1.93. The molecule has 1 unspecified atom stereocenters. The summed E-state index contributed by atoms with van der Waals surface area (Å²) in [6.07, 6.45) is 7.06. The Bertz CT molecular complexity index is 191. The van der Waals surface area contributed by atoms with Gasteiger partial charge in [-0.1, -0.05) is 18.2 Å². The van der Waals surface area contributed by atoms with Crippen LogP contribution in [0.2, 0.25) is 0 Å². The van der Waals surface area contributed by atoms with Crippen molar-refractivity contribution in [1.29, 1.82) is 0 Å². The van der Waals surface area contributed by atoms with E-state index in [1.807, 2.05) is 6.08 Å². The lowest BCUT2D eigenvalue weighted by atomic mass is 9.94. The maximum atomic E-state index is 5.81. The highest BCUT2D eigenvalue weighted by Crippen LogP contribution is 2.30. The average Bonchev–Trinajstić information content (AvgIpc) is 1.85. The molecule has 11 heavy (non-hydrogen) atoms. The summed E-state index contributed by atoms with van der Waals surface area (Å²) in [7, 11) is 0. The van der Waals surface area contributed by atoms with Crippen molar-refractivity contribution in [3.63, 3.8) is 0 Å². The van der Waals surface area contributed by atoms with Crippen LogP contribution < -0.4 is 0 Å². The van der Waals surface area contributed by atoms with Crippen LogP contribution in [0.4, 0.5) is 0 Å². The molecule has 0 bridgehead atoms. The molecule has 1 aliphatic rings. The first-order valence-electron chi connectivity index (χ1n) is 3.99. The van der Waals surface area contributed by atoms with Crippen LogP contribution in [0.3, 0.4) is 0 Å². The van der Waals surface area contributed by atoms with E-state index in [9.17, 15) is 0 Å². The van der Waals surface area contributed by atoms with Crippen molar-refractivity contribution in [3.8, 4) is 0 Å². The highest BCUT2D eigenvalue weighted by atomic mass is 16.5. The van der Waals surface area contributed by atoms with Crippen LogP contribution in [0.5, 0.6) is 0 Å². The van der Waals surface area contributed by atoms with Crippen LogP contribution >= 0.6 is 0 Å². The molecule has 1 rings (SSSR count). The zero-order chi connectivity index (χ0) is 8.54. The van der Waals surface area contributed by atoms with Crippen molar-refractivity contribution in [2.75, 3.05) is 0 Å². The van der Waals surface area contributed by atoms with Gasteiger partial charge in [0.15, 0.2) is 0 Å². The van der Waals surface area contributed by atoms with Crippen LogP contribution in [0, 0.1) is 0 Å². The predicted molar refractivity (Wildman–Crippen MR) is 47.5 cm³/mol. The summed E-state index contributed by atoms with van der Waals surface area (Å²) >= 11 is 0. The minimum atomic E-state index is -0.168. The van der Waals surface area contributed by atoms with Crippen LogP contribution in [0.25, 0.3) is 0 Å². The molecule has 1 nitrogen and oxygen atoms in total. The Morgan fingerprint density at radius 1 is 1.45 bits per heavy atom. The Morgan fingerprint density at radius 3 is 2.45 bits per heavy atom. The maximum Gasteiger partial charge on any atom is 0.0877 e. The highest BCUT2D eigenvalue weighted by molar-refractivity contribution is 5.11. The molecule has 0 spiro atoms. The fourth-order valence-corrected chi connectivity index (χ4v) is 1.38. The Balaban J connectivity index is 2.80. The lowest BCUT2D eigenvalue weighted by Gasteiger charge is -2.37. The van der Waals surface area contributed by atoms with Gasteiger partial charge in [0, 0.05) is 0 Å². The quantitative estimate of drug-likeness (QED) is 0.525. The van der Waals surface area contributed by atoms with Gasteiger partial charge in [0.05, 0.1) is 11.2 Å². The maximum absolute atomic E-state index is 5.81. The molecule has 1 heterocycles. The SMILES string of the molecule is C=CC1(C)CC=CC(C)(C)O1. The van der Waals surface area contributed by atoms with Crippen molar-refractivity contribution < 1.29 is 4.74 Å². The van der Waals surface area contributed by atoms with E-state index in [1.165, 1.54) is 0 Å². The van der Waals surface area contributed by atoms with Crippen LogP contribution in [-0.4, -0.2) is 11.2 Å². The Kier molecular flexibility index (Phi) is 1.93. The van der Waals surface area contributed by atoms with Gasteiger partial charge in [0.2, 0.25) is 0 Å². The summed E-state index contributed by atoms with van der Waals surface area (Å²) < 4.78 is 5.81. The molecule has 1 heteroatoms. The molecule has 1 aliphatic heterocycles. The van der Waals surface area contributed by atoms with Gasteiger partial charge in [-0.15, -0.1) is 6.58 Å². The van der Waals surface area contributed by atoms with Gasteiger partial charge in [-0.3, -0.25) is 0 Å². The monoisotopic (exact) mass is 152 g/mol. The summed E-state index contributed by atoms with van der Waals surface area (Å²) in [6.45, 7) is 9.94. The Hall–Kier alpha value is -0.560. The minimum absolute atomic E-state index is 0.138. The Morgan fingerprint density at radius 2 is 2.09 bits per heavy atom. The fraction of sp³-hybridized carbons (Fsp3) is 0.600. The number of rotatable bonds is 1. The van der Waals surface area contributed by atoms with Gasteiger partial charge in [0.25, 0.3) is 0 Å². The smallest absolute Gasteiger partial charge is 0.0877 e. The lowest BCUT2D eigenvalue weighted by molar-refractivity contribution is -0.0853. The van der Waals surface area contributed by atoms with E-state index >= 15 is 0 Å².